The molecule has 1 unspecified atom stereocenters. The van der Waals surface area contributed by atoms with Gasteiger partial charge in [-0.25, -0.2) is 0 Å². The Hall–Kier alpha value is -3.09. The Morgan fingerprint density at radius 1 is 0.545 bits per heavy atom. The maximum atomic E-state index is 2.68. The Bertz CT molecular complexity index is 2150. The first-order valence-electron chi connectivity index (χ1n) is 19.8. The van der Waals surface area contributed by atoms with Crippen LogP contribution < -0.4 is 24.8 Å². The number of halogens is 2. The van der Waals surface area contributed by atoms with Crippen LogP contribution in [0.4, 0.5) is 0 Å². The fraction of sp³-hybridized carbons (Fsp3) is 0.327. The Labute approximate surface area is 352 Å². The smallest absolute Gasteiger partial charge is 1.00 e. The molecule has 0 nitrogen and oxygen atoms in total. The van der Waals surface area contributed by atoms with Crippen molar-refractivity contribution in [1.29, 1.82) is 0 Å². The fourth-order valence-electron chi connectivity index (χ4n) is 8.81. The van der Waals surface area contributed by atoms with Crippen molar-refractivity contribution in [3.05, 3.63) is 164 Å². The van der Waals surface area contributed by atoms with E-state index in [4.69, 9.17) is 0 Å². The van der Waals surface area contributed by atoms with Gasteiger partial charge in [-0.1, -0.05) is 0 Å². The van der Waals surface area contributed by atoms with Gasteiger partial charge in [0, 0.05) is 0 Å². The van der Waals surface area contributed by atoms with E-state index in [2.05, 4.69) is 204 Å². The van der Waals surface area contributed by atoms with Gasteiger partial charge < -0.3 is 24.8 Å². The number of hydrogen-bond donors (Lipinski definition) is 0. The van der Waals surface area contributed by atoms with E-state index in [0.29, 0.717) is 9.54 Å². The molecule has 0 fully saturated rings. The Balaban J connectivity index is 0.00000290. The molecular formula is C52H58Cl2Zr. The van der Waals surface area contributed by atoms with E-state index >= 15 is 0 Å². The van der Waals surface area contributed by atoms with Gasteiger partial charge in [-0.3, -0.25) is 0 Å². The summed E-state index contributed by atoms with van der Waals surface area (Å²) in [5.74, 6) is 0.432. The molecule has 0 radical (unpaired) electrons. The molecule has 0 N–H and O–H groups in total. The van der Waals surface area contributed by atoms with Gasteiger partial charge in [0.25, 0.3) is 0 Å². The Morgan fingerprint density at radius 3 is 1.33 bits per heavy atom. The molecule has 2 aliphatic carbocycles. The monoisotopic (exact) mass is 842 g/mol. The number of allylic oxidation sites excluding steroid dienone is 4. The summed E-state index contributed by atoms with van der Waals surface area (Å²) in [6.07, 6.45) is 6.35. The molecule has 0 amide bonds. The van der Waals surface area contributed by atoms with Gasteiger partial charge in [-0.15, -0.1) is 0 Å². The Morgan fingerprint density at radius 2 is 0.964 bits per heavy atom. The van der Waals surface area contributed by atoms with E-state index in [1.807, 2.05) is 0 Å². The molecule has 5 aromatic rings. The van der Waals surface area contributed by atoms with Gasteiger partial charge in [0.1, 0.15) is 0 Å². The van der Waals surface area contributed by atoms with Crippen LogP contribution in [0.15, 0.2) is 136 Å². The predicted molar refractivity (Wildman–Crippen MR) is 228 cm³/mol. The van der Waals surface area contributed by atoms with Crippen LogP contribution in [0.5, 0.6) is 0 Å². The molecule has 3 heteroatoms. The quantitative estimate of drug-likeness (QED) is 0.161. The van der Waals surface area contributed by atoms with Crippen molar-refractivity contribution in [2.45, 2.75) is 97.0 Å². The molecule has 0 aromatic heterocycles. The van der Waals surface area contributed by atoms with Crippen LogP contribution in [0.2, 0.25) is 0 Å². The molecule has 0 spiro atoms. The number of benzene rings is 5. The summed E-state index contributed by atoms with van der Waals surface area (Å²) in [5.41, 5.74) is 17.3. The van der Waals surface area contributed by atoms with E-state index < -0.39 is 21.3 Å². The standard InChI is InChI=1S/C33H33.C10H15.C9H10.2ClH.Zr/c1-32(2,3)30-20-26-24(18-28(30)22-13-9-7-10-14-22)17-25-19-29(23-15-11-8-12-16-23)31(21-27(25)26)33(4,5)6;1-8-5-6-9(7-8)10(2,3)4;1-2-6-9-7-4-3-5-8-9;;;/h7-21H,1-6H3;6-8H,1-4H3;3-5,7-8H,2H2,1H3;2*1H;/q;;;;;+2/p-2. The minimum absolute atomic E-state index is 0. The summed E-state index contributed by atoms with van der Waals surface area (Å²) in [6, 6.07) is 44.4. The van der Waals surface area contributed by atoms with Crippen LogP contribution in [0.25, 0.3) is 33.4 Å². The molecule has 1 atom stereocenters. The summed E-state index contributed by atoms with van der Waals surface area (Å²) in [7, 11) is 0. The van der Waals surface area contributed by atoms with E-state index in [0.717, 1.165) is 6.42 Å². The molecule has 7 rings (SSSR count). The van der Waals surface area contributed by atoms with Crippen LogP contribution in [-0.4, -0.2) is 3.21 Å². The molecular weight excluding hydrogens is 787 g/mol. The van der Waals surface area contributed by atoms with Crippen molar-refractivity contribution < 1.29 is 46.1 Å². The van der Waals surface area contributed by atoms with Crippen LogP contribution in [-0.2, 0) is 32.1 Å². The summed E-state index contributed by atoms with van der Waals surface area (Å²) in [4.78, 5) is 0. The molecule has 0 heterocycles. The largest absolute Gasteiger partial charge is 1.00 e. The fourth-order valence-corrected chi connectivity index (χ4v) is 18.3. The van der Waals surface area contributed by atoms with Crippen LogP contribution >= 0.6 is 0 Å². The SMILES string of the molecule is CC/[C](c1ccccc1)=[Zr+2](/[C]1=CC(C(C)(C)C)=CC1C)[CH]1c2cc(-c3ccccc3)c(C(C)(C)C)cc2-c2cc(C(C)(C)C)c(-c3ccccc3)cc21.[Cl-].[Cl-]. The molecule has 0 aliphatic heterocycles. The summed E-state index contributed by atoms with van der Waals surface area (Å²) in [5, 5.41) is 0. The number of rotatable bonds is 6. The summed E-state index contributed by atoms with van der Waals surface area (Å²) in [6.45, 7) is 26.4. The first-order chi connectivity index (χ1) is 25.1. The predicted octanol–water partition coefficient (Wildman–Crippen LogP) is 8.45. The minimum Gasteiger partial charge on any atom is -1.00 e. The average Bonchev–Trinajstić information content (AvgIpc) is 3.67. The van der Waals surface area contributed by atoms with Gasteiger partial charge in [-0.05, 0) is 0 Å². The zero-order valence-corrected chi connectivity index (χ0v) is 38.7. The van der Waals surface area contributed by atoms with Crippen molar-refractivity contribution in [2.24, 2.45) is 11.3 Å². The van der Waals surface area contributed by atoms with Crippen LogP contribution in [0, 0.1) is 11.3 Å². The molecule has 2 aliphatic rings. The second-order valence-corrected chi connectivity index (χ2v) is 24.9. The molecule has 284 valence electrons. The minimum atomic E-state index is -2.83. The van der Waals surface area contributed by atoms with Gasteiger partial charge >= 0.3 is 330 Å². The van der Waals surface area contributed by atoms with Gasteiger partial charge in [0.05, 0.1) is 0 Å². The number of fused-ring (bicyclic) bond motifs is 3. The number of hydrogen-bond acceptors (Lipinski definition) is 0. The molecule has 55 heavy (non-hydrogen) atoms. The Kier molecular flexibility index (Phi) is 12.8. The van der Waals surface area contributed by atoms with Gasteiger partial charge in [-0.2, -0.15) is 0 Å². The van der Waals surface area contributed by atoms with Crippen molar-refractivity contribution in [1.82, 2.24) is 0 Å². The maximum Gasteiger partial charge on any atom is -1.00 e. The van der Waals surface area contributed by atoms with E-state index in [-0.39, 0.29) is 41.1 Å². The van der Waals surface area contributed by atoms with Crippen molar-refractivity contribution >= 4 is 3.21 Å². The first-order valence-corrected chi connectivity index (χ1v) is 23.7. The van der Waals surface area contributed by atoms with Crippen LogP contribution in [0.1, 0.15) is 114 Å². The van der Waals surface area contributed by atoms with Gasteiger partial charge in [0.2, 0.25) is 0 Å². The third-order valence-corrected chi connectivity index (χ3v) is 20.7. The van der Waals surface area contributed by atoms with Crippen molar-refractivity contribution in [3.63, 3.8) is 0 Å². The van der Waals surface area contributed by atoms with Crippen molar-refractivity contribution in [2.75, 3.05) is 0 Å². The zero-order chi connectivity index (χ0) is 37.9. The molecule has 0 saturated carbocycles. The normalized spacial score (nSPS) is 15.6. The second kappa shape index (κ2) is 16.4. The maximum absolute atomic E-state index is 2.83. The summed E-state index contributed by atoms with van der Waals surface area (Å²) < 4.78 is 3.82. The topological polar surface area (TPSA) is 0 Å². The first kappa shape index (κ1) is 43.0. The summed E-state index contributed by atoms with van der Waals surface area (Å²) >= 11 is -2.83. The molecule has 0 saturated heterocycles. The average molecular weight is 845 g/mol. The van der Waals surface area contributed by atoms with Crippen molar-refractivity contribution in [3.8, 4) is 33.4 Å². The molecule has 0 bridgehead atoms. The molecule has 5 aromatic carbocycles. The van der Waals surface area contributed by atoms with E-state index in [1.54, 1.807) is 17.6 Å². The zero-order valence-electron chi connectivity index (χ0n) is 34.7. The third kappa shape index (κ3) is 8.33. The third-order valence-electron chi connectivity index (χ3n) is 11.6. The van der Waals surface area contributed by atoms with Gasteiger partial charge in [0.15, 0.2) is 0 Å². The van der Waals surface area contributed by atoms with Crippen LogP contribution in [0.3, 0.4) is 0 Å². The second-order valence-electron chi connectivity index (χ2n) is 18.5. The van der Waals surface area contributed by atoms with E-state index in [9.17, 15) is 0 Å². The van der Waals surface area contributed by atoms with E-state index in [1.165, 1.54) is 55.6 Å².